The van der Waals surface area contributed by atoms with E-state index in [9.17, 15) is 0 Å². The second-order valence-electron chi connectivity index (χ2n) is 12.7. The van der Waals surface area contributed by atoms with Gasteiger partial charge in [-0.25, -0.2) is 0 Å². The van der Waals surface area contributed by atoms with Crippen LogP contribution in [0.15, 0.2) is 162 Å². The first kappa shape index (κ1) is 26.6. The van der Waals surface area contributed by atoms with E-state index in [1.165, 1.54) is 48.0 Å². The van der Waals surface area contributed by atoms with Gasteiger partial charge in [0, 0.05) is 53.4 Å². The molecule has 0 aliphatic heterocycles. The highest BCUT2D eigenvalue weighted by molar-refractivity contribution is 7.25. The molecule has 0 radical (unpaired) electrons. The van der Waals surface area contributed by atoms with E-state index in [1.54, 1.807) is 0 Å². The molecule has 2 aromatic heterocycles. The minimum absolute atomic E-state index is 0.263. The molecule has 47 heavy (non-hydrogen) atoms. The van der Waals surface area contributed by atoms with E-state index in [2.05, 4.69) is 170 Å². The van der Waals surface area contributed by atoms with Gasteiger partial charge in [0.15, 0.2) is 0 Å². The molecule has 222 valence electrons. The second kappa shape index (κ2) is 9.93. The van der Waals surface area contributed by atoms with Gasteiger partial charge >= 0.3 is 0 Å². The summed E-state index contributed by atoms with van der Waals surface area (Å²) >= 11 is 1.85. The fourth-order valence-corrected chi connectivity index (χ4v) is 9.00. The van der Waals surface area contributed by atoms with Gasteiger partial charge in [0.1, 0.15) is 11.2 Å². The zero-order valence-electron chi connectivity index (χ0n) is 25.8. The molecule has 0 atom stereocenters. The van der Waals surface area contributed by atoms with Crippen molar-refractivity contribution in [1.82, 2.24) is 0 Å². The third kappa shape index (κ3) is 3.84. The lowest BCUT2D eigenvalue weighted by atomic mass is 9.74. The van der Waals surface area contributed by atoms with Crippen LogP contribution in [0.4, 0.5) is 17.1 Å². The normalized spacial score (nSPS) is 13.4. The van der Waals surface area contributed by atoms with Gasteiger partial charge in [-0.15, -0.1) is 11.3 Å². The summed E-state index contributed by atoms with van der Waals surface area (Å²) < 4.78 is 9.20. The third-order valence-corrected chi connectivity index (χ3v) is 11.3. The van der Waals surface area contributed by atoms with Gasteiger partial charge in [0.25, 0.3) is 0 Å². The predicted molar refractivity (Wildman–Crippen MR) is 199 cm³/mol. The highest BCUT2D eigenvalue weighted by Gasteiger charge is 2.40. The van der Waals surface area contributed by atoms with E-state index >= 15 is 0 Å². The van der Waals surface area contributed by atoms with Crippen LogP contribution in [-0.2, 0) is 5.41 Å². The number of furan rings is 1. The predicted octanol–water partition coefficient (Wildman–Crippen LogP) is 12.8. The van der Waals surface area contributed by atoms with Crippen LogP contribution >= 0.6 is 11.3 Å². The van der Waals surface area contributed by atoms with Crippen molar-refractivity contribution in [2.75, 3.05) is 4.90 Å². The van der Waals surface area contributed by atoms with Crippen LogP contribution in [-0.4, -0.2) is 0 Å². The van der Waals surface area contributed by atoms with Gasteiger partial charge in [0.05, 0.1) is 0 Å². The Labute approximate surface area is 276 Å². The van der Waals surface area contributed by atoms with Gasteiger partial charge in [-0.1, -0.05) is 103 Å². The minimum Gasteiger partial charge on any atom is -0.456 e. The number of thiophene rings is 1. The number of para-hydroxylation sites is 1. The number of nitrogens with zero attached hydrogens (tertiary/aromatic N) is 1. The zero-order valence-corrected chi connectivity index (χ0v) is 26.6. The van der Waals surface area contributed by atoms with Crippen molar-refractivity contribution < 1.29 is 4.42 Å². The lowest BCUT2D eigenvalue weighted by Crippen LogP contribution is -2.22. The third-order valence-electron chi connectivity index (χ3n) is 10.1. The van der Waals surface area contributed by atoms with Crippen LogP contribution in [0, 0.1) is 0 Å². The summed E-state index contributed by atoms with van der Waals surface area (Å²) in [5.41, 5.74) is 11.4. The van der Waals surface area contributed by atoms with E-state index in [0.717, 1.165) is 39.0 Å². The SMILES string of the molecule is CC1(c2ccc3c(c2)oc2ccc(N(c4ccccc4)c4ccc5c(c4)sc4ccccc45)cc23)c2ccccc2-c2ccccc21. The molecule has 0 saturated carbocycles. The fraction of sp³-hybridized carbons (Fsp3) is 0.0455. The lowest BCUT2D eigenvalue weighted by molar-refractivity contribution is 0.662. The molecule has 1 aliphatic rings. The fourth-order valence-electron chi connectivity index (χ4n) is 7.86. The highest BCUT2D eigenvalue weighted by Crippen LogP contribution is 2.53. The van der Waals surface area contributed by atoms with Gasteiger partial charge in [-0.05, 0) is 89.3 Å². The summed E-state index contributed by atoms with van der Waals surface area (Å²) in [7, 11) is 0. The van der Waals surface area contributed by atoms with E-state index in [4.69, 9.17) is 4.42 Å². The molecule has 0 saturated heterocycles. The largest absolute Gasteiger partial charge is 0.456 e. The van der Waals surface area contributed by atoms with Crippen LogP contribution in [0.5, 0.6) is 0 Å². The van der Waals surface area contributed by atoms with Crippen LogP contribution < -0.4 is 4.90 Å². The summed E-state index contributed by atoms with van der Waals surface area (Å²) in [6.45, 7) is 2.35. The van der Waals surface area contributed by atoms with Gasteiger partial charge in [-0.3, -0.25) is 0 Å². The van der Waals surface area contributed by atoms with Crippen molar-refractivity contribution in [3.63, 3.8) is 0 Å². The number of anilines is 3. The van der Waals surface area contributed by atoms with Crippen molar-refractivity contribution in [3.05, 3.63) is 174 Å². The molecule has 3 heteroatoms. The Morgan fingerprint density at radius 3 is 1.91 bits per heavy atom. The molecule has 0 N–H and O–H groups in total. The number of fused-ring (bicyclic) bond motifs is 9. The van der Waals surface area contributed by atoms with E-state index in [0.29, 0.717) is 0 Å². The highest BCUT2D eigenvalue weighted by atomic mass is 32.1. The Morgan fingerprint density at radius 2 is 1.11 bits per heavy atom. The first-order valence-electron chi connectivity index (χ1n) is 16.1. The Kier molecular flexibility index (Phi) is 5.61. The van der Waals surface area contributed by atoms with Crippen molar-refractivity contribution >= 4 is 70.5 Å². The summed E-state index contributed by atoms with van der Waals surface area (Å²) in [6, 6.07) is 57.2. The molecule has 7 aromatic carbocycles. The van der Waals surface area contributed by atoms with Crippen molar-refractivity contribution in [3.8, 4) is 11.1 Å². The van der Waals surface area contributed by atoms with E-state index < -0.39 is 0 Å². The van der Waals surface area contributed by atoms with Crippen LogP contribution in [0.3, 0.4) is 0 Å². The molecular formula is C44H29NOS. The maximum atomic E-state index is 6.59. The topological polar surface area (TPSA) is 16.4 Å². The molecule has 1 aliphatic carbocycles. The molecule has 0 unspecified atom stereocenters. The maximum absolute atomic E-state index is 6.59. The Morgan fingerprint density at radius 1 is 0.468 bits per heavy atom. The summed E-state index contributed by atoms with van der Waals surface area (Å²) in [6.07, 6.45) is 0. The van der Waals surface area contributed by atoms with Gasteiger partial charge in [0.2, 0.25) is 0 Å². The first-order chi connectivity index (χ1) is 23.2. The minimum atomic E-state index is -0.263. The lowest BCUT2D eigenvalue weighted by Gasteiger charge is -2.28. The molecule has 0 amide bonds. The molecule has 0 bridgehead atoms. The average Bonchev–Trinajstić information content (AvgIpc) is 3.77. The summed E-state index contributed by atoms with van der Waals surface area (Å²) in [4.78, 5) is 2.35. The number of benzene rings is 7. The second-order valence-corrected chi connectivity index (χ2v) is 13.7. The Hall–Kier alpha value is -5.64. The number of hydrogen-bond acceptors (Lipinski definition) is 3. The molecule has 2 heterocycles. The standard InChI is InChI=1S/C44H29NOS/c1-44(38-16-8-5-13-32(38)33-14-6-9-17-39(33)44)28-19-22-34-37-26-30(21-24-40(37)46-41(34)25-28)45(29-11-3-2-4-12-29)31-20-23-36-35-15-7-10-18-42(35)47-43(36)27-31/h2-27H,1H3. The molecule has 0 fully saturated rings. The number of hydrogen-bond donors (Lipinski definition) is 0. The van der Waals surface area contributed by atoms with Crippen molar-refractivity contribution in [2.24, 2.45) is 0 Å². The molecule has 2 nitrogen and oxygen atoms in total. The van der Waals surface area contributed by atoms with Crippen LogP contribution in [0.1, 0.15) is 23.6 Å². The Balaban J connectivity index is 1.12. The monoisotopic (exact) mass is 619 g/mol. The first-order valence-corrected chi connectivity index (χ1v) is 16.9. The Bertz CT molecular complexity index is 2620. The molecular weight excluding hydrogens is 591 g/mol. The van der Waals surface area contributed by atoms with Crippen LogP contribution in [0.25, 0.3) is 53.2 Å². The quantitative estimate of drug-likeness (QED) is 0.195. The maximum Gasteiger partial charge on any atom is 0.135 e. The van der Waals surface area contributed by atoms with Gasteiger partial charge in [-0.2, -0.15) is 0 Å². The smallest absolute Gasteiger partial charge is 0.135 e. The molecule has 0 spiro atoms. The summed E-state index contributed by atoms with van der Waals surface area (Å²) in [5.74, 6) is 0. The summed E-state index contributed by atoms with van der Waals surface area (Å²) in [5, 5.41) is 4.86. The number of rotatable bonds is 4. The zero-order chi connectivity index (χ0) is 31.1. The molecule has 9 aromatic rings. The average molecular weight is 620 g/mol. The van der Waals surface area contributed by atoms with Crippen molar-refractivity contribution in [1.29, 1.82) is 0 Å². The van der Waals surface area contributed by atoms with E-state index in [-0.39, 0.29) is 5.41 Å². The van der Waals surface area contributed by atoms with Crippen molar-refractivity contribution in [2.45, 2.75) is 12.3 Å². The molecule has 10 rings (SSSR count). The van der Waals surface area contributed by atoms with E-state index in [1.807, 2.05) is 11.3 Å². The van der Waals surface area contributed by atoms with Gasteiger partial charge < -0.3 is 9.32 Å². The van der Waals surface area contributed by atoms with Crippen LogP contribution in [0.2, 0.25) is 0 Å².